The molecular weight excluding hydrogens is 244 g/mol. The molecule has 19 heavy (non-hydrogen) atoms. The molecule has 0 aliphatic heterocycles. The van der Waals surface area contributed by atoms with E-state index in [1.54, 1.807) is 21.3 Å². The van der Waals surface area contributed by atoms with E-state index in [2.05, 4.69) is 18.6 Å². The van der Waals surface area contributed by atoms with E-state index in [1.165, 1.54) is 19.3 Å². The van der Waals surface area contributed by atoms with Crippen molar-refractivity contribution in [3.63, 3.8) is 0 Å². The average Bonchev–Trinajstić information content (AvgIpc) is 2.42. The molecule has 0 radical (unpaired) electrons. The van der Waals surface area contributed by atoms with Crippen molar-refractivity contribution < 1.29 is 18.9 Å². The molecule has 0 rings (SSSR count). The lowest BCUT2D eigenvalue weighted by molar-refractivity contribution is 0.0517. The molecular formula is C15H36O4. The summed E-state index contributed by atoms with van der Waals surface area (Å²) < 4.78 is 19.4. The van der Waals surface area contributed by atoms with Crippen molar-refractivity contribution in [3.8, 4) is 0 Å². The Kier molecular flexibility index (Phi) is 38.6. The third-order valence-electron chi connectivity index (χ3n) is 1.92. The second-order valence-corrected chi connectivity index (χ2v) is 3.92. The maximum atomic E-state index is 5.25. The van der Waals surface area contributed by atoms with E-state index < -0.39 is 0 Å². The topological polar surface area (TPSA) is 36.9 Å². The van der Waals surface area contributed by atoms with Crippen molar-refractivity contribution in [1.29, 1.82) is 0 Å². The van der Waals surface area contributed by atoms with Gasteiger partial charge in [-0.3, -0.25) is 0 Å². The zero-order chi connectivity index (χ0) is 15.2. The molecule has 0 saturated carbocycles. The number of rotatable bonds is 10. The molecule has 0 aromatic carbocycles. The van der Waals surface area contributed by atoms with Crippen molar-refractivity contribution in [2.24, 2.45) is 0 Å². The van der Waals surface area contributed by atoms with Crippen LogP contribution in [0.15, 0.2) is 0 Å². The van der Waals surface area contributed by atoms with Gasteiger partial charge in [0.2, 0.25) is 0 Å². The molecule has 0 atom stereocenters. The van der Waals surface area contributed by atoms with Gasteiger partial charge >= 0.3 is 0 Å². The quantitative estimate of drug-likeness (QED) is 0.574. The highest BCUT2D eigenvalue weighted by molar-refractivity contribution is 4.32. The van der Waals surface area contributed by atoms with Gasteiger partial charge in [-0.15, -0.1) is 0 Å². The fourth-order valence-corrected chi connectivity index (χ4v) is 0.899. The number of unbranched alkanes of at least 4 members (excludes halogenated alkanes) is 2. The van der Waals surface area contributed by atoms with Gasteiger partial charge < -0.3 is 18.9 Å². The van der Waals surface area contributed by atoms with Gasteiger partial charge in [0.05, 0.1) is 13.2 Å². The fraction of sp³-hybridized carbons (Fsp3) is 1.00. The Labute approximate surface area is 120 Å². The Hall–Kier alpha value is -0.160. The van der Waals surface area contributed by atoms with E-state index >= 15 is 0 Å². The maximum absolute atomic E-state index is 5.25. The van der Waals surface area contributed by atoms with Gasteiger partial charge in [-0.25, -0.2) is 0 Å². The first-order valence-electron chi connectivity index (χ1n) is 7.29. The first-order chi connectivity index (χ1) is 9.24. The predicted octanol–water partition coefficient (Wildman–Crippen LogP) is 3.54. The zero-order valence-corrected chi connectivity index (χ0v) is 14.0. The first kappa shape index (κ1) is 23.9. The van der Waals surface area contributed by atoms with E-state index in [1.807, 2.05) is 6.92 Å². The van der Waals surface area contributed by atoms with Crippen LogP contribution in [0.1, 0.15) is 46.5 Å². The number of hydrogen-bond donors (Lipinski definition) is 0. The largest absolute Gasteiger partial charge is 0.388 e. The summed E-state index contributed by atoms with van der Waals surface area (Å²) >= 11 is 0. The molecule has 0 aromatic heterocycles. The molecule has 0 aliphatic rings. The van der Waals surface area contributed by atoms with Crippen LogP contribution in [-0.2, 0) is 18.9 Å². The molecule has 0 amide bonds. The van der Waals surface area contributed by atoms with Gasteiger partial charge in [0.15, 0.2) is 0 Å². The third-order valence-corrected chi connectivity index (χ3v) is 1.92. The van der Waals surface area contributed by atoms with Gasteiger partial charge in [-0.05, 0) is 19.8 Å². The summed E-state index contributed by atoms with van der Waals surface area (Å²) in [5.41, 5.74) is 0. The molecule has 0 saturated heterocycles. The summed E-state index contributed by atoms with van der Waals surface area (Å²) in [6.07, 6.45) is 4.78. The highest BCUT2D eigenvalue weighted by Gasteiger charge is 1.86. The summed E-state index contributed by atoms with van der Waals surface area (Å²) in [6.45, 7) is 10.4. The Morgan fingerprint density at radius 2 is 1.11 bits per heavy atom. The lowest BCUT2D eigenvalue weighted by Crippen LogP contribution is -2.04. The second-order valence-electron chi connectivity index (χ2n) is 3.92. The highest BCUT2D eigenvalue weighted by Crippen LogP contribution is 1.87. The normalized spacial score (nSPS) is 9.16. The van der Waals surface area contributed by atoms with Crippen molar-refractivity contribution in [3.05, 3.63) is 0 Å². The van der Waals surface area contributed by atoms with Crippen LogP contribution in [0.5, 0.6) is 0 Å². The molecule has 4 nitrogen and oxygen atoms in total. The van der Waals surface area contributed by atoms with Crippen molar-refractivity contribution in [2.75, 3.05) is 54.4 Å². The smallest absolute Gasteiger partial charge is 0.0700 e. The van der Waals surface area contributed by atoms with E-state index in [0.29, 0.717) is 0 Å². The minimum absolute atomic E-state index is 0.736. The standard InChI is InChI=1S/C8H18O2.C5H12O.C2H6O/c1-3-5-6-10-8-7-9-4-2;1-3-4-5-6-2;1-3-2/h3-8H2,1-2H3;3-5H2,1-2H3;1-2H3. The Morgan fingerprint density at radius 1 is 0.632 bits per heavy atom. The molecule has 4 heteroatoms. The molecule has 120 valence electrons. The number of methoxy groups -OCH3 is 2. The van der Waals surface area contributed by atoms with Crippen LogP contribution in [0, 0.1) is 0 Å². The monoisotopic (exact) mass is 280 g/mol. The zero-order valence-electron chi connectivity index (χ0n) is 14.0. The summed E-state index contributed by atoms with van der Waals surface area (Å²) in [5.74, 6) is 0. The molecule has 0 spiro atoms. The van der Waals surface area contributed by atoms with Gasteiger partial charge in [0, 0.05) is 41.2 Å². The van der Waals surface area contributed by atoms with Crippen LogP contribution in [0.2, 0.25) is 0 Å². The molecule has 0 heterocycles. The van der Waals surface area contributed by atoms with Crippen LogP contribution in [0.4, 0.5) is 0 Å². The summed E-state index contributed by atoms with van der Waals surface area (Å²) in [6, 6.07) is 0. The van der Waals surface area contributed by atoms with Crippen LogP contribution in [0.25, 0.3) is 0 Å². The van der Waals surface area contributed by atoms with Crippen molar-refractivity contribution in [2.45, 2.75) is 46.5 Å². The maximum Gasteiger partial charge on any atom is 0.0700 e. The van der Waals surface area contributed by atoms with Crippen molar-refractivity contribution in [1.82, 2.24) is 0 Å². The van der Waals surface area contributed by atoms with E-state index in [-0.39, 0.29) is 0 Å². The minimum atomic E-state index is 0.736. The second kappa shape index (κ2) is 30.7. The number of hydrogen-bond acceptors (Lipinski definition) is 4. The molecule has 0 unspecified atom stereocenters. The van der Waals surface area contributed by atoms with Gasteiger partial charge in [0.25, 0.3) is 0 Å². The van der Waals surface area contributed by atoms with Crippen LogP contribution in [-0.4, -0.2) is 54.4 Å². The Morgan fingerprint density at radius 3 is 1.47 bits per heavy atom. The minimum Gasteiger partial charge on any atom is -0.388 e. The summed E-state index contributed by atoms with van der Waals surface area (Å²) in [4.78, 5) is 0. The van der Waals surface area contributed by atoms with E-state index in [4.69, 9.17) is 14.2 Å². The van der Waals surface area contributed by atoms with Crippen LogP contribution >= 0.6 is 0 Å². The molecule has 0 N–H and O–H groups in total. The fourth-order valence-electron chi connectivity index (χ4n) is 0.899. The van der Waals surface area contributed by atoms with E-state index in [9.17, 15) is 0 Å². The summed E-state index contributed by atoms with van der Waals surface area (Å²) in [7, 11) is 4.98. The summed E-state index contributed by atoms with van der Waals surface area (Å²) in [5, 5.41) is 0. The molecule has 0 aliphatic carbocycles. The average molecular weight is 280 g/mol. The Bertz CT molecular complexity index is 98.3. The van der Waals surface area contributed by atoms with E-state index in [0.717, 1.165) is 39.5 Å². The molecule has 0 bridgehead atoms. The molecule has 0 aromatic rings. The highest BCUT2D eigenvalue weighted by atomic mass is 16.5. The Balaban J connectivity index is -0.000000242. The third kappa shape index (κ3) is 46.2. The SMILES string of the molecule is CCCCOC.CCCCOCCOCC.COC. The van der Waals surface area contributed by atoms with Crippen LogP contribution < -0.4 is 0 Å². The van der Waals surface area contributed by atoms with Gasteiger partial charge in [-0.1, -0.05) is 26.7 Å². The number of ether oxygens (including phenoxy) is 4. The van der Waals surface area contributed by atoms with Gasteiger partial charge in [-0.2, -0.15) is 0 Å². The molecule has 0 fully saturated rings. The predicted molar refractivity (Wildman–Crippen MR) is 81.9 cm³/mol. The first-order valence-corrected chi connectivity index (χ1v) is 7.29. The van der Waals surface area contributed by atoms with Crippen LogP contribution in [0.3, 0.4) is 0 Å². The van der Waals surface area contributed by atoms with Crippen molar-refractivity contribution >= 4 is 0 Å². The lowest BCUT2D eigenvalue weighted by atomic mass is 10.4. The lowest BCUT2D eigenvalue weighted by Gasteiger charge is -2.02. The van der Waals surface area contributed by atoms with Gasteiger partial charge in [0.1, 0.15) is 0 Å².